The molecule has 0 saturated carbocycles. The van der Waals surface area contributed by atoms with Crippen LogP contribution in [0.1, 0.15) is 54.5 Å². The molecule has 8 nitrogen and oxygen atoms in total. The normalized spacial score (nSPS) is 23.5. The molecule has 2 aliphatic heterocycles. The molecule has 3 aliphatic rings. The standard InChI is InChI=1S/C27H31N3O5/c1-27(19-10-9-17-6-4-7-18(17)14-19)25(32)30(26(33)28-27)16-24(31)29-13-5-8-22(29)21-15-20(34-2)11-12-23(21)35-3/h9-12,14-15,22H,4-8,13,16H2,1-3H3,(H,28,33). The predicted molar refractivity (Wildman–Crippen MR) is 129 cm³/mol. The first-order valence-electron chi connectivity index (χ1n) is 12.1. The maximum absolute atomic E-state index is 13.5. The van der Waals surface area contributed by atoms with Crippen LogP contribution in [-0.4, -0.2) is 55.0 Å². The van der Waals surface area contributed by atoms with Gasteiger partial charge in [0.05, 0.1) is 20.3 Å². The highest BCUT2D eigenvalue weighted by atomic mass is 16.5. The number of carbonyl (C=O) groups excluding carboxylic acids is 3. The van der Waals surface area contributed by atoms with Gasteiger partial charge in [-0.1, -0.05) is 18.2 Å². The van der Waals surface area contributed by atoms with Crippen LogP contribution in [-0.2, 0) is 28.0 Å². The van der Waals surface area contributed by atoms with Gasteiger partial charge < -0.3 is 19.7 Å². The third-order valence-corrected chi connectivity index (χ3v) is 7.61. The Bertz CT molecular complexity index is 1200. The largest absolute Gasteiger partial charge is 0.497 e. The number of imide groups is 1. The first-order chi connectivity index (χ1) is 16.9. The fraction of sp³-hybridized carbons (Fsp3) is 0.444. The zero-order valence-electron chi connectivity index (χ0n) is 20.4. The molecule has 1 aliphatic carbocycles. The minimum absolute atomic E-state index is 0.212. The Hall–Kier alpha value is -3.55. The van der Waals surface area contributed by atoms with Crippen molar-refractivity contribution < 1.29 is 23.9 Å². The number of hydrogen-bond donors (Lipinski definition) is 1. The molecule has 2 heterocycles. The highest BCUT2D eigenvalue weighted by Gasteiger charge is 2.50. The van der Waals surface area contributed by atoms with Gasteiger partial charge in [0.25, 0.3) is 5.91 Å². The fourth-order valence-electron chi connectivity index (χ4n) is 5.63. The van der Waals surface area contributed by atoms with E-state index in [0.29, 0.717) is 18.0 Å². The van der Waals surface area contributed by atoms with E-state index in [1.807, 2.05) is 36.4 Å². The lowest BCUT2D eigenvalue weighted by molar-refractivity contribution is -0.139. The lowest BCUT2D eigenvalue weighted by Gasteiger charge is -2.28. The number of nitrogens with one attached hydrogen (secondary N) is 1. The number of nitrogens with zero attached hydrogens (tertiary/aromatic N) is 2. The van der Waals surface area contributed by atoms with Crippen LogP contribution in [0.25, 0.3) is 0 Å². The van der Waals surface area contributed by atoms with Gasteiger partial charge in [0.15, 0.2) is 0 Å². The molecule has 5 rings (SSSR count). The van der Waals surface area contributed by atoms with Crippen LogP contribution in [0.2, 0.25) is 0 Å². The SMILES string of the molecule is COc1ccc(OC)c(C2CCCN2C(=O)CN2C(=O)NC(C)(c3ccc4c(c3)CCC4)C2=O)c1. The van der Waals surface area contributed by atoms with Gasteiger partial charge in [-0.05, 0) is 73.9 Å². The highest BCUT2D eigenvalue weighted by molar-refractivity contribution is 6.09. The Morgan fingerprint density at radius 3 is 2.63 bits per heavy atom. The Morgan fingerprint density at radius 1 is 1.06 bits per heavy atom. The molecule has 0 bridgehead atoms. The van der Waals surface area contributed by atoms with Crippen LogP contribution >= 0.6 is 0 Å². The number of rotatable bonds is 6. The molecular weight excluding hydrogens is 446 g/mol. The zero-order valence-corrected chi connectivity index (χ0v) is 20.4. The summed E-state index contributed by atoms with van der Waals surface area (Å²) >= 11 is 0. The van der Waals surface area contributed by atoms with E-state index in [2.05, 4.69) is 5.32 Å². The summed E-state index contributed by atoms with van der Waals surface area (Å²) in [6.45, 7) is 1.97. The van der Waals surface area contributed by atoms with E-state index in [1.54, 1.807) is 26.0 Å². The maximum atomic E-state index is 13.5. The van der Waals surface area contributed by atoms with Crippen LogP contribution in [0.5, 0.6) is 11.5 Å². The van der Waals surface area contributed by atoms with Gasteiger partial charge in [0.1, 0.15) is 23.6 Å². The number of amides is 4. The lowest BCUT2D eigenvalue weighted by Crippen LogP contribution is -2.44. The number of carbonyl (C=O) groups is 3. The molecule has 0 aromatic heterocycles. The van der Waals surface area contributed by atoms with Crippen molar-refractivity contribution in [1.82, 2.24) is 15.1 Å². The molecule has 4 amide bonds. The van der Waals surface area contributed by atoms with Crippen molar-refractivity contribution in [3.05, 3.63) is 58.7 Å². The molecule has 2 aromatic carbocycles. The molecule has 2 aromatic rings. The monoisotopic (exact) mass is 477 g/mol. The number of fused-ring (bicyclic) bond motifs is 1. The van der Waals surface area contributed by atoms with Gasteiger partial charge in [-0.2, -0.15) is 0 Å². The molecule has 2 unspecified atom stereocenters. The smallest absolute Gasteiger partial charge is 0.325 e. The van der Waals surface area contributed by atoms with Crippen LogP contribution in [0.4, 0.5) is 4.79 Å². The minimum Gasteiger partial charge on any atom is -0.497 e. The topological polar surface area (TPSA) is 88.2 Å². The summed E-state index contributed by atoms with van der Waals surface area (Å²) in [6.07, 6.45) is 4.72. The minimum atomic E-state index is -1.19. The van der Waals surface area contributed by atoms with E-state index in [-0.39, 0.29) is 18.5 Å². The summed E-state index contributed by atoms with van der Waals surface area (Å²) in [5, 5.41) is 2.84. The van der Waals surface area contributed by atoms with E-state index in [1.165, 1.54) is 11.1 Å². The Morgan fingerprint density at radius 2 is 1.86 bits per heavy atom. The summed E-state index contributed by atoms with van der Waals surface area (Å²) in [6, 6.07) is 10.8. The second kappa shape index (κ2) is 8.91. The summed E-state index contributed by atoms with van der Waals surface area (Å²) in [4.78, 5) is 42.5. The molecule has 184 valence electrons. The predicted octanol–water partition coefficient (Wildman–Crippen LogP) is 3.32. The van der Waals surface area contributed by atoms with E-state index in [0.717, 1.165) is 48.1 Å². The van der Waals surface area contributed by atoms with Gasteiger partial charge >= 0.3 is 6.03 Å². The molecule has 0 radical (unpaired) electrons. The van der Waals surface area contributed by atoms with Crippen molar-refractivity contribution in [3.8, 4) is 11.5 Å². The Kier molecular flexibility index (Phi) is 5.91. The van der Waals surface area contributed by atoms with Gasteiger partial charge in [0, 0.05) is 12.1 Å². The number of ether oxygens (including phenoxy) is 2. The van der Waals surface area contributed by atoms with Crippen molar-refractivity contribution in [3.63, 3.8) is 0 Å². The van der Waals surface area contributed by atoms with Crippen LogP contribution in [0.15, 0.2) is 36.4 Å². The third kappa shape index (κ3) is 3.90. The third-order valence-electron chi connectivity index (χ3n) is 7.61. The zero-order chi connectivity index (χ0) is 24.7. The fourth-order valence-corrected chi connectivity index (χ4v) is 5.63. The Labute approximate surface area is 205 Å². The molecule has 8 heteroatoms. The van der Waals surface area contributed by atoms with Crippen molar-refractivity contribution in [2.24, 2.45) is 0 Å². The first-order valence-corrected chi connectivity index (χ1v) is 12.1. The number of benzene rings is 2. The average Bonchev–Trinajstić information content (AvgIpc) is 3.59. The maximum Gasteiger partial charge on any atom is 0.325 e. The number of hydrogen-bond acceptors (Lipinski definition) is 5. The first kappa shape index (κ1) is 23.2. The molecule has 1 N–H and O–H groups in total. The van der Waals surface area contributed by atoms with Crippen molar-refractivity contribution in [2.45, 2.75) is 50.6 Å². The van der Waals surface area contributed by atoms with Gasteiger partial charge in [-0.15, -0.1) is 0 Å². The Balaban J connectivity index is 1.36. The van der Waals surface area contributed by atoms with Crippen LogP contribution in [0.3, 0.4) is 0 Å². The molecule has 35 heavy (non-hydrogen) atoms. The van der Waals surface area contributed by atoms with Crippen LogP contribution in [0, 0.1) is 0 Å². The number of aryl methyl sites for hydroxylation is 2. The van der Waals surface area contributed by atoms with Crippen molar-refractivity contribution >= 4 is 17.8 Å². The number of methoxy groups -OCH3 is 2. The van der Waals surface area contributed by atoms with E-state index >= 15 is 0 Å². The van der Waals surface area contributed by atoms with E-state index < -0.39 is 17.5 Å². The van der Waals surface area contributed by atoms with Crippen molar-refractivity contribution in [2.75, 3.05) is 27.3 Å². The summed E-state index contributed by atoms with van der Waals surface area (Å²) in [7, 11) is 3.19. The molecule has 0 spiro atoms. The van der Waals surface area contributed by atoms with Gasteiger partial charge in [-0.3, -0.25) is 14.5 Å². The van der Waals surface area contributed by atoms with Gasteiger partial charge in [0.2, 0.25) is 5.91 Å². The summed E-state index contributed by atoms with van der Waals surface area (Å²) in [5.74, 6) is 0.691. The quantitative estimate of drug-likeness (QED) is 0.645. The number of likely N-dealkylation sites (tertiary alicyclic amines) is 1. The second-order valence-corrected chi connectivity index (χ2v) is 9.64. The lowest BCUT2D eigenvalue weighted by atomic mass is 9.89. The average molecular weight is 478 g/mol. The van der Waals surface area contributed by atoms with Crippen molar-refractivity contribution in [1.29, 1.82) is 0 Å². The number of urea groups is 1. The molecular formula is C27H31N3O5. The van der Waals surface area contributed by atoms with Gasteiger partial charge in [-0.25, -0.2) is 4.79 Å². The molecule has 2 saturated heterocycles. The molecule has 2 fully saturated rings. The highest BCUT2D eigenvalue weighted by Crippen LogP contribution is 2.39. The summed E-state index contributed by atoms with van der Waals surface area (Å²) in [5.41, 5.74) is 2.96. The second-order valence-electron chi connectivity index (χ2n) is 9.64. The summed E-state index contributed by atoms with van der Waals surface area (Å²) < 4.78 is 10.9. The van der Waals surface area contributed by atoms with Crippen LogP contribution < -0.4 is 14.8 Å². The van der Waals surface area contributed by atoms with E-state index in [4.69, 9.17) is 9.47 Å². The molecule has 2 atom stereocenters. The van der Waals surface area contributed by atoms with E-state index in [9.17, 15) is 14.4 Å².